The van der Waals surface area contributed by atoms with Crippen molar-refractivity contribution in [3.05, 3.63) is 51.7 Å². The van der Waals surface area contributed by atoms with E-state index < -0.39 is 98.2 Å². The molecule has 0 aromatic carbocycles. The summed E-state index contributed by atoms with van der Waals surface area (Å²) in [5.74, 6) is -8.38. The second-order valence-electron chi connectivity index (χ2n) is 10.8. The van der Waals surface area contributed by atoms with E-state index in [-0.39, 0.29) is 17.2 Å². The van der Waals surface area contributed by atoms with Crippen LogP contribution in [0.15, 0.2) is 29.3 Å². The van der Waals surface area contributed by atoms with E-state index in [1.165, 1.54) is 12.3 Å². The number of carbonyl (C=O) groups excluding carboxylic acids is 3. The number of pyridine rings is 1. The molecule has 3 amide bonds. The molecule has 3 aromatic heterocycles. The second kappa shape index (κ2) is 17.0. The van der Waals surface area contributed by atoms with Gasteiger partial charge in [-0.2, -0.15) is 4.98 Å². The fourth-order valence-corrected chi connectivity index (χ4v) is 4.66. The molecule has 0 saturated carbocycles. The first-order chi connectivity index (χ1) is 23.1. The Labute approximate surface area is 275 Å². The number of rotatable bonds is 19. The van der Waals surface area contributed by atoms with Gasteiger partial charge in [-0.05, 0) is 49.3 Å². The van der Waals surface area contributed by atoms with E-state index in [1.807, 2.05) is 0 Å². The Morgan fingerprint density at radius 2 is 1.33 bits per heavy atom. The van der Waals surface area contributed by atoms with Crippen molar-refractivity contribution in [2.24, 2.45) is 0 Å². The standard InChI is InChI=1S/C29H34N8O12/c30-29-36-23-22(25(43)37-29)14(12-32-23)3-1-13-2-4-15(31-11-13)24(42)35-18(28(48)49)6-9-20(39)33-16(26(44)45)5-8-19(38)34-17(27(46)47)7-10-21(40)41/h2,4,11-12,16-18H,1,3,5-10H2,(H,33,39)(H,34,38)(H,35,42)(H,40,41)(H,44,45)(H,46,47)(H,48,49)(H4,30,32,36,37,43)/t16-,17-,18-/m0/s1. The molecule has 0 bridgehead atoms. The number of nitrogen functional groups attached to an aromatic ring is 1. The SMILES string of the molecule is Nc1nc2[nH]cc(CCc3ccc(C(=O)N[C@@H](CCC(=O)N[C@@H](CCC(=O)N[C@@H](CCC(=O)O)C(=O)O)C(=O)O)C(=O)O)nc3)c2c(=O)[nH]1. The van der Waals surface area contributed by atoms with Crippen LogP contribution in [0.5, 0.6) is 0 Å². The molecule has 3 heterocycles. The normalized spacial score (nSPS) is 12.7. The Balaban J connectivity index is 1.49. The van der Waals surface area contributed by atoms with Crippen LogP contribution in [-0.2, 0) is 41.6 Å². The molecule has 3 atom stereocenters. The van der Waals surface area contributed by atoms with E-state index in [1.54, 1.807) is 12.3 Å². The highest BCUT2D eigenvalue weighted by Gasteiger charge is 2.26. The van der Waals surface area contributed by atoms with Crippen molar-refractivity contribution in [3.8, 4) is 0 Å². The summed E-state index contributed by atoms with van der Waals surface area (Å²) >= 11 is 0. The lowest BCUT2D eigenvalue weighted by molar-refractivity contribution is -0.144. The number of fused-ring (bicyclic) bond motifs is 1. The van der Waals surface area contributed by atoms with Crippen LogP contribution in [0.4, 0.5) is 5.95 Å². The maximum absolute atomic E-state index is 12.7. The summed E-state index contributed by atoms with van der Waals surface area (Å²) in [6.07, 6.45) is 1.08. The molecular formula is C29H34N8O12. The summed E-state index contributed by atoms with van der Waals surface area (Å²) in [6, 6.07) is -1.67. The summed E-state index contributed by atoms with van der Waals surface area (Å²) in [6.45, 7) is 0. The highest BCUT2D eigenvalue weighted by Crippen LogP contribution is 2.15. The predicted molar refractivity (Wildman–Crippen MR) is 166 cm³/mol. The van der Waals surface area contributed by atoms with E-state index in [2.05, 4.69) is 35.9 Å². The third-order valence-corrected chi connectivity index (χ3v) is 7.22. The zero-order valence-electron chi connectivity index (χ0n) is 25.7. The van der Waals surface area contributed by atoms with Gasteiger partial charge in [0.1, 0.15) is 29.5 Å². The van der Waals surface area contributed by atoms with E-state index in [0.717, 1.165) is 0 Å². The van der Waals surface area contributed by atoms with Crippen molar-refractivity contribution < 1.29 is 54.0 Å². The van der Waals surface area contributed by atoms with E-state index in [9.17, 15) is 48.6 Å². The van der Waals surface area contributed by atoms with Crippen molar-refractivity contribution in [2.75, 3.05) is 5.73 Å². The molecule has 0 fully saturated rings. The van der Waals surface area contributed by atoms with Crippen LogP contribution in [0.25, 0.3) is 11.0 Å². The summed E-state index contributed by atoms with van der Waals surface area (Å²) < 4.78 is 0. The molecule has 0 unspecified atom stereocenters. The number of nitrogens with zero attached hydrogens (tertiary/aromatic N) is 2. The van der Waals surface area contributed by atoms with Gasteiger partial charge in [-0.3, -0.25) is 33.9 Å². The van der Waals surface area contributed by atoms with Crippen molar-refractivity contribution in [1.82, 2.24) is 35.9 Å². The van der Waals surface area contributed by atoms with Gasteiger partial charge in [0.2, 0.25) is 17.8 Å². The molecule has 0 saturated heterocycles. The van der Waals surface area contributed by atoms with Crippen LogP contribution in [0, 0.1) is 0 Å². The first-order valence-corrected chi connectivity index (χ1v) is 14.7. The highest BCUT2D eigenvalue weighted by molar-refractivity contribution is 5.95. The second-order valence-corrected chi connectivity index (χ2v) is 10.8. The number of nitrogens with one attached hydrogen (secondary N) is 5. The lowest BCUT2D eigenvalue weighted by Gasteiger charge is -2.18. The molecular weight excluding hydrogens is 652 g/mol. The summed E-state index contributed by atoms with van der Waals surface area (Å²) in [4.78, 5) is 108. The first-order valence-electron chi connectivity index (χ1n) is 14.7. The number of anilines is 1. The Morgan fingerprint density at radius 1 is 0.776 bits per heavy atom. The number of aryl methyl sites for hydroxylation is 2. The van der Waals surface area contributed by atoms with Gasteiger partial charge in [-0.1, -0.05) is 6.07 Å². The minimum atomic E-state index is -1.59. The fourth-order valence-electron chi connectivity index (χ4n) is 4.66. The van der Waals surface area contributed by atoms with Gasteiger partial charge >= 0.3 is 23.9 Å². The molecule has 0 radical (unpaired) electrons. The molecule has 0 spiro atoms. The zero-order chi connectivity index (χ0) is 36.2. The van der Waals surface area contributed by atoms with Crippen LogP contribution in [0.3, 0.4) is 0 Å². The molecule has 0 aliphatic carbocycles. The van der Waals surface area contributed by atoms with Crippen LogP contribution in [0.2, 0.25) is 0 Å². The molecule has 20 nitrogen and oxygen atoms in total. The number of hydrogen-bond acceptors (Lipinski definition) is 11. The number of carboxylic acids is 4. The molecule has 49 heavy (non-hydrogen) atoms. The van der Waals surface area contributed by atoms with Crippen molar-refractivity contribution in [1.29, 1.82) is 0 Å². The lowest BCUT2D eigenvalue weighted by atomic mass is 10.1. The number of aromatic amines is 2. The Morgan fingerprint density at radius 3 is 1.84 bits per heavy atom. The first kappa shape index (κ1) is 37.1. The predicted octanol–water partition coefficient (Wildman–Crippen LogP) is -1.24. The number of amides is 3. The number of aromatic nitrogens is 4. The Kier molecular flexibility index (Phi) is 12.9. The monoisotopic (exact) mass is 686 g/mol. The Hall–Kier alpha value is -6.34. The van der Waals surface area contributed by atoms with Gasteiger partial charge in [-0.15, -0.1) is 0 Å². The van der Waals surface area contributed by atoms with Gasteiger partial charge in [0.05, 0.1) is 5.39 Å². The summed E-state index contributed by atoms with van der Waals surface area (Å²) in [5.41, 5.74) is 6.81. The minimum absolute atomic E-state index is 0.0215. The van der Waals surface area contributed by atoms with Crippen LogP contribution in [0.1, 0.15) is 60.1 Å². The van der Waals surface area contributed by atoms with E-state index in [0.29, 0.717) is 35.0 Å². The minimum Gasteiger partial charge on any atom is -0.481 e. The van der Waals surface area contributed by atoms with Crippen molar-refractivity contribution in [2.45, 2.75) is 69.5 Å². The van der Waals surface area contributed by atoms with E-state index in [4.69, 9.17) is 15.9 Å². The molecule has 3 rings (SSSR count). The molecule has 11 N–H and O–H groups in total. The number of carbonyl (C=O) groups is 7. The number of nitrogens with two attached hydrogens (primary N) is 1. The van der Waals surface area contributed by atoms with Crippen LogP contribution >= 0.6 is 0 Å². The molecule has 0 aliphatic heterocycles. The quantitative estimate of drug-likeness (QED) is 0.0705. The Bertz CT molecular complexity index is 1790. The van der Waals surface area contributed by atoms with Crippen molar-refractivity contribution in [3.63, 3.8) is 0 Å². The third kappa shape index (κ3) is 11.2. The average molecular weight is 687 g/mol. The largest absolute Gasteiger partial charge is 0.481 e. The van der Waals surface area contributed by atoms with Crippen molar-refractivity contribution >= 4 is 58.6 Å². The topological polar surface area (TPSA) is 337 Å². The maximum Gasteiger partial charge on any atom is 0.326 e. The number of H-pyrrole nitrogens is 2. The third-order valence-electron chi connectivity index (χ3n) is 7.22. The highest BCUT2D eigenvalue weighted by atomic mass is 16.4. The molecule has 20 heteroatoms. The van der Waals surface area contributed by atoms with E-state index >= 15 is 0 Å². The van der Waals surface area contributed by atoms with Gasteiger partial charge in [0, 0.05) is 31.7 Å². The number of aliphatic carboxylic acids is 4. The number of hydrogen-bond donors (Lipinski definition) is 10. The summed E-state index contributed by atoms with van der Waals surface area (Å²) in [7, 11) is 0. The van der Waals surface area contributed by atoms with Gasteiger partial charge in [0.25, 0.3) is 11.5 Å². The maximum atomic E-state index is 12.7. The van der Waals surface area contributed by atoms with Crippen LogP contribution < -0.4 is 27.2 Å². The fraction of sp³-hybridized carbons (Fsp3) is 0.379. The zero-order valence-corrected chi connectivity index (χ0v) is 25.7. The average Bonchev–Trinajstić information content (AvgIpc) is 3.44. The molecule has 262 valence electrons. The lowest BCUT2D eigenvalue weighted by Crippen LogP contribution is -2.45. The van der Waals surface area contributed by atoms with Gasteiger partial charge in [0.15, 0.2) is 0 Å². The molecule has 0 aliphatic rings. The summed E-state index contributed by atoms with van der Waals surface area (Å²) in [5, 5.41) is 43.7. The van der Waals surface area contributed by atoms with Crippen LogP contribution in [-0.4, -0.2) is 100 Å². The smallest absolute Gasteiger partial charge is 0.326 e. The molecule has 3 aromatic rings. The van der Waals surface area contributed by atoms with Gasteiger partial charge in [-0.25, -0.2) is 14.4 Å². The van der Waals surface area contributed by atoms with Gasteiger partial charge < -0.3 is 47.1 Å². The number of carboxylic acid groups (broad SMARTS) is 4.